The first-order valence-electron chi connectivity index (χ1n) is 2.99. The van der Waals surface area contributed by atoms with Crippen LogP contribution in [0.3, 0.4) is 0 Å². The van der Waals surface area contributed by atoms with Gasteiger partial charge in [0.2, 0.25) is 5.88 Å². The number of hydrogen-bond acceptors (Lipinski definition) is 4. The summed E-state index contributed by atoms with van der Waals surface area (Å²) in [6, 6.07) is 0.999. The number of rotatable bonds is 2. The number of anilines is 1. The third-order valence-electron chi connectivity index (χ3n) is 1.19. The van der Waals surface area contributed by atoms with Gasteiger partial charge in [-0.15, -0.1) is 0 Å². The Morgan fingerprint density at radius 1 is 1.75 bits per heavy atom. The minimum atomic E-state index is -0.606. The monoisotopic (exact) mass is 192 g/mol. The van der Waals surface area contributed by atoms with E-state index in [1.807, 2.05) is 0 Å². The van der Waals surface area contributed by atoms with Crippen molar-refractivity contribution in [1.82, 2.24) is 4.98 Å². The van der Waals surface area contributed by atoms with Crippen LogP contribution in [-0.2, 0) is 0 Å². The summed E-state index contributed by atoms with van der Waals surface area (Å²) in [6.07, 6.45) is 0.961. The minimum absolute atomic E-state index is 0.0424. The SMILES string of the molecule is COc1ncc(F)cc1N(O)Cl. The predicted octanol–water partition coefficient (Wildman–Crippen LogP) is 1.58. The molecule has 0 atom stereocenters. The van der Waals surface area contributed by atoms with Gasteiger partial charge in [-0.25, -0.2) is 9.37 Å². The maximum absolute atomic E-state index is 12.5. The van der Waals surface area contributed by atoms with E-state index in [0.29, 0.717) is 0 Å². The van der Waals surface area contributed by atoms with Gasteiger partial charge < -0.3 is 4.74 Å². The number of ether oxygens (including phenoxy) is 1. The highest BCUT2D eigenvalue weighted by atomic mass is 35.5. The second-order valence-corrected chi connectivity index (χ2v) is 2.26. The zero-order chi connectivity index (χ0) is 9.14. The molecular formula is C6H6ClFN2O2. The summed E-state index contributed by atoms with van der Waals surface area (Å²) in [5.41, 5.74) is -0.0424. The number of hydrogen-bond donors (Lipinski definition) is 1. The molecule has 0 fully saturated rings. The van der Waals surface area contributed by atoms with E-state index in [0.717, 1.165) is 12.3 Å². The zero-order valence-electron chi connectivity index (χ0n) is 6.16. The quantitative estimate of drug-likeness (QED) is 0.571. The number of pyridine rings is 1. The van der Waals surface area contributed by atoms with Gasteiger partial charge in [0, 0.05) is 17.8 Å². The van der Waals surface area contributed by atoms with Gasteiger partial charge in [-0.1, -0.05) is 0 Å². The van der Waals surface area contributed by atoms with E-state index in [-0.39, 0.29) is 16.1 Å². The van der Waals surface area contributed by atoms with Crippen LogP contribution in [0.15, 0.2) is 12.3 Å². The second-order valence-electron chi connectivity index (χ2n) is 1.94. The molecule has 1 aromatic rings. The molecule has 66 valence electrons. The Hall–Kier alpha value is -1.07. The molecule has 0 bridgehead atoms. The molecule has 0 amide bonds. The molecule has 0 unspecified atom stereocenters. The van der Waals surface area contributed by atoms with Crippen molar-refractivity contribution in [2.24, 2.45) is 0 Å². The summed E-state index contributed by atoms with van der Waals surface area (Å²) in [5, 5.41) is 8.77. The Morgan fingerprint density at radius 3 is 2.92 bits per heavy atom. The maximum atomic E-state index is 12.5. The van der Waals surface area contributed by atoms with Gasteiger partial charge in [-0.2, -0.15) is 4.58 Å². The largest absolute Gasteiger partial charge is 0.479 e. The van der Waals surface area contributed by atoms with E-state index in [1.165, 1.54) is 7.11 Å². The fourth-order valence-electron chi connectivity index (χ4n) is 0.706. The van der Waals surface area contributed by atoms with E-state index in [9.17, 15) is 4.39 Å². The molecule has 0 spiro atoms. The van der Waals surface area contributed by atoms with Crippen molar-refractivity contribution in [2.75, 3.05) is 11.7 Å². The Bertz CT molecular complexity index is 282. The van der Waals surface area contributed by atoms with E-state index >= 15 is 0 Å². The van der Waals surface area contributed by atoms with Crippen molar-refractivity contribution in [3.05, 3.63) is 18.1 Å². The standard InChI is InChI=1S/C6H6ClFN2O2/c1-12-6-5(10(7)11)2-4(8)3-9-6/h2-3,11H,1H3. The lowest BCUT2D eigenvalue weighted by Gasteiger charge is -2.09. The summed E-state index contributed by atoms with van der Waals surface area (Å²) in [6.45, 7) is 0. The highest BCUT2D eigenvalue weighted by molar-refractivity contribution is 6.24. The van der Waals surface area contributed by atoms with Gasteiger partial charge >= 0.3 is 0 Å². The first-order chi connectivity index (χ1) is 5.65. The Morgan fingerprint density at radius 2 is 2.42 bits per heavy atom. The molecule has 4 nitrogen and oxygen atoms in total. The van der Waals surface area contributed by atoms with Gasteiger partial charge in [0.15, 0.2) is 0 Å². The summed E-state index contributed by atoms with van der Waals surface area (Å²) in [7, 11) is 1.34. The fraction of sp³-hybridized carbons (Fsp3) is 0.167. The van der Waals surface area contributed by atoms with E-state index in [4.69, 9.17) is 21.7 Å². The van der Waals surface area contributed by atoms with Crippen LogP contribution in [0.5, 0.6) is 5.88 Å². The number of aromatic nitrogens is 1. The molecule has 12 heavy (non-hydrogen) atoms. The molecule has 0 saturated heterocycles. The topological polar surface area (TPSA) is 45.6 Å². The minimum Gasteiger partial charge on any atom is -0.479 e. The van der Waals surface area contributed by atoms with Crippen LogP contribution in [0.2, 0.25) is 0 Å². The Labute approximate surface area is 73.2 Å². The fourth-order valence-corrected chi connectivity index (χ4v) is 0.827. The molecule has 1 aromatic heterocycles. The van der Waals surface area contributed by atoms with Crippen LogP contribution in [0.25, 0.3) is 0 Å². The highest BCUT2D eigenvalue weighted by Gasteiger charge is 2.10. The Kier molecular flexibility index (Phi) is 2.67. The molecule has 1 rings (SSSR count). The van der Waals surface area contributed by atoms with Crippen molar-refractivity contribution in [2.45, 2.75) is 0 Å². The molecule has 1 N–H and O–H groups in total. The predicted molar refractivity (Wildman–Crippen MR) is 40.9 cm³/mol. The molecule has 0 radical (unpaired) electrons. The van der Waals surface area contributed by atoms with Gasteiger partial charge in [0.1, 0.15) is 11.5 Å². The first kappa shape index (κ1) is 9.02. The smallest absolute Gasteiger partial charge is 0.241 e. The average Bonchev–Trinajstić information content (AvgIpc) is 2.04. The number of methoxy groups -OCH3 is 1. The molecule has 6 heteroatoms. The maximum Gasteiger partial charge on any atom is 0.241 e. The third kappa shape index (κ3) is 1.75. The van der Waals surface area contributed by atoms with Gasteiger partial charge in [0.05, 0.1) is 13.3 Å². The van der Waals surface area contributed by atoms with E-state index in [2.05, 4.69) is 4.98 Å². The lowest BCUT2D eigenvalue weighted by molar-refractivity contribution is 0.315. The van der Waals surface area contributed by atoms with E-state index in [1.54, 1.807) is 0 Å². The summed E-state index contributed by atoms with van der Waals surface area (Å²) < 4.78 is 17.4. The lowest BCUT2D eigenvalue weighted by atomic mass is 10.4. The molecule has 0 aromatic carbocycles. The normalized spacial score (nSPS) is 9.67. The molecular weight excluding hydrogens is 187 g/mol. The number of nitrogens with zero attached hydrogens (tertiary/aromatic N) is 2. The zero-order valence-corrected chi connectivity index (χ0v) is 6.92. The van der Waals surface area contributed by atoms with Crippen molar-refractivity contribution >= 4 is 17.5 Å². The van der Waals surface area contributed by atoms with Gasteiger partial charge in [-0.3, -0.25) is 5.21 Å². The Balaban J connectivity index is 3.12. The molecule has 0 aliphatic carbocycles. The second kappa shape index (κ2) is 3.55. The van der Waals surface area contributed by atoms with Crippen LogP contribution in [0.4, 0.5) is 10.1 Å². The summed E-state index contributed by atoms with van der Waals surface area (Å²) >= 11 is 5.16. The van der Waals surface area contributed by atoms with Crippen LogP contribution in [-0.4, -0.2) is 17.3 Å². The summed E-state index contributed by atoms with van der Waals surface area (Å²) in [4.78, 5) is 3.53. The number of halogens is 2. The van der Waals surface area contributed by atoms with Crippen LogP contribution in [0.1, 0.15) is 0 Å². The van der Waals surface area contributed by atoms with Crippen LogP contribution < -0.4 is 9.32 Å². The van der Waals surface area contributed by atoms with Gasteiger partial charge in [-0.05, 0) is 0 Å². The van der Waals surface area contributed by atoms with Crippen LogP contribution in [0, 0.1) is 5.82 Å². The van der Waals surface area contributed by atoms with Crippen molar-refractivity contribution in [3.8, 4) is 5.88 Å². The molecule has 1 heterocycles. The van der Waals surface area contributed by atoms with Crippen molar-refractivity contribution < 1.29 is 14.3 Å². The van der Waals surface area contributed by atoms with E-state index < -0.39 is 5.82 Å². The average molecular weight is 193 g/mol. The van der Waals surface area contributed by atoms with Crippen molar-refractivity contribution in [3.63, 3.8) is 0 Å². The molecule has 0 saturated carbocycles. The molecule has 0 aliphatic rings. The van der Waals surface area contributed by atoms with Crippen LogP contribution >= 0.6 is 11.8 Å². The highest BCUT2D eigenvalue weighted by Crippen LogP contribution is 2.25. The molecule has 0 aliphatic heterocycles. The lowest BCUT2D eigenvalue weighted by Crippen LogP contribution is -2.05. The third-order valence-corrected chi connectivity index (χ3v) is 1.37. The van der Waals surface area contributed by atoms with Gasteiger partial charge in [0.25, 0.3) is 0 Å². The first-order valence-corrected chi connectivity index (χ1v) is 3.33. The van der Waals surface area contributed by atoms with Crippen molar-refractivity contribution in [1.29, 1.82) is 0 Å². The summed E-state index contributed by atoms with van der Waals surface area (Å²) in [5.74, 6) is -0.556.